The zero-order valence-corrected chi connectivity index (χ0v) is 21.5. The van der Waals surface area contributed by atoms with Gasteiger partial charge in [0.05, 0.1) is 19.0 Å². The molecule has 9 heteroatoms. The fraction of sp³-hybridized carbons (Fsp3) is 0.310. The van der Waals surface area contributed by atoms with Gasteiger partial charge in [-0.15, -0.1) is 0 Å². The number of pyridine rings is 1. The number of benzene rings is 2. The summed E-state index contributed by atoms with van der Waals surface area (Å²) >= 11 is 0. The number of hydrogen-bond acceptors (Lipinski definition) is 6. The lowest BCUT2D eigenvalue weighted by molar-refractivity contribution is -0.114. The van der Waals surface area contributed by atoms with E-state index in [0.29, 0.717) is 54.3 Å². The smallest absolute Gasteiger partial charge is 0.258 e. The van der Waals surface area contributed by atoms with E-state index in [1.165, 1.54) is 26.2 Å². The van der Waals surface area contributed by atoms with Crippen molar-refractivity contribution in [1.29, 1.82) is 0 Å². The average Bonchev–Trinajstić information content (AvgIpc) is 2.94. The molecule has 0 unspecified atom stereocenters. The van der Waals surface area contributed by atoms with E-state index in [1.807, 2.05) is 0 Å². The van der Waals surface area contributed by atoms with Crippen LogP contribution in [0.1, 0.15) is 40.5 Å². The van der Waals surface area contributed by atoms with Gasteiger partial charge >= 0.3 is 0 Å². The molecular weight excluding hydrogens is 487 g/mol. The Morgan fingerprint density at radius 2 is 1.66 bits per heavy atom. The molecule has 0 atom stereocenters. The lowest BCUT2D eigenvalue weighted by Crippen LogP contribution is -2.43. The Kier molecular flexibility index (Phi) is 8.81. The fourth-order valence-corrected chi connectivity index (χ4v) is 4.57. The minimum absolute atomic E-state index is 0.0495. The van der Waals surface area contributed by atoms with Crippen molar-refractivity contribution in [3.8, 4) is 5.88 Å². The summed E-state index contributed by atoms with van der Waals surface area (Å²) in [5.41, 5.74) is 2.28. The van der Waals surface area contributed by atoms with Gasteiger partial charge in [0.2, 0.25) is 11.8 Å². The first-order chi connectivity index (χ1) is 18.3. The number of likely N-dealkylation sites (tertiary alicyclic amines) is 1. The molecule has 3 aromatic rings. The van der Waals surface area contributed by atoms with Crippen LogP contribution in [-0.4, -0.2) is 60.8 Å². The molecule has 0 saturated carbocycles. The van der Waals surface area contributed by atoms with Gasteiger partial charge in [0.25, 0.3) is 5.91 Å². The van der Waals surface area contributed by atoms with Crippen LogP contribution in [0.5, 0.6) is 5.88 Å². The summed E-state index contributed by atoms with van der Waals surface area (Å²) in [5, 5.41) is 2.70. The highest BCUT2D eigenvalue weighted by molar-refractivity contribution is 6.06. The first-order valence-electron chi connectivity index (χ1n) is 12.6. The third kappa shape index (κ3) is 6.80. The lowest BCUT2D eigenvalue weighted by atomic mass is 9.89. The molecule has 1 aromatic heterocycles. The van der Waals surface area contributed by atoms with E-state index in [1.54, 1.807) is 59.6 Å². The van der Waals surface area contributed by atoms with Crippen LogP contribution in [0.25, 0.3) is 0 Å². The normalized spacial score (nSPS) is 14.1. The van der Waals surface area contributed by atoms with Gasteiger partial charge in [-0.05, 0) is 80.5 Å². The molecule has 4 rings (SSSR count). The van der Waals surface area contributed by atoms with Crippen molar-refractivity contribution in [2.24, 2.45) is 5.92 Å². The van der Waals surface area contributed by atoms with Crippen molar-refractivity contribution in [3.05, 3.63) is 83.8 Å². The van der Waals surface area contributed by atoms with E-state index in [9.17, 15) is 18.8 Å². The van der Waals surface area contributed by atoms with Gasteiger partial charge < -0.3 is 19.9 Å². The molecule has 0 spiro atoms. The minimum atomic E-state index is -0.355. The van der Waals surface area contributed by atoms with Crippen LogP contribution in [0, 0.1) is 11.7 Å². The molecule has 1 aliphatic rings. The molecule has 0 bridgehead atoms. The number of aromatic nitrogens is 1. The molecular formula is C29H31FN4O4. The predicted octanol–water partition coefficient (Wildman–Crippen LogP) is 4.43. The number of carbonyl (C=O) groups is 3. The van der Waals surface area contributed by atoms with Crippen LogP contribution in [0.2, 0.25) is 0 Å². The number of ether oxygens (including phenoxy) is 1. The second-order valence-corrected chi connectivity index (χ2v) is 9.26. The number of ketones is 1. The van der Waals surface area contributed by atoms with Crippen molar-refractivity contribution < 1.29 is 23.5 Å². The molecule has 8 nitrogen and oxygen atoms in total. The van der Waals surface area contributed by atoms with Gasteiger partial charge in [0, 0.05) is 48.8 Å². The Labute approximate surface area is 221 Å². The van der Waals surface area contributed by atoms with Gasteiger partial charge in [-0.3, -0.25) is 14.4 Å². The number of nitrogens with one attached hydrogen (secondary N) is 1. The van der Waals surface area contributed by atoms with Gasteiger partial charge in [-0.2, -0.15) is 0 Å². The van der Waals surface area contributed by atoms with E-state index in [0.717, 1.165) is 13.1 Å². The van der Waals surface area contributed by atoms with E-state index in [-0.39, 0.29) is 29.3 Å². The quantitative estimate of drug-likeness (QED) is 0.422. The van der Waals surface area contributed by atoms with Gasteiger partial charge in [-0.1, -0.05) is 0 Å². The molecule has 2 aromatic carbocycles. The second kappa shape index (κ2) is 12.4. The van der Waals surface area contributed by atoms with E-state index >= 15 is 0 Å². The van der Waals surface area contributed by atoms with Crippen LogP contribution < -0.4 is 15.0 Å². The first kappa shape index (κ1) is 26.9. The average molecular weight is 519 g/mol. The molecule has 1 N–H and O–H groups in total. The maximum atomic E-state index is 13.5. The number of hydrogen-bond donors (Lipinski definition) is 1. The number of Topliss-reactive ketones (excluding diaryl/α,β-unsaturated/α-hetero) is 1. The van der Waals surface area contributed by atoms with Crippen molar-refractivity contribution in [1.82, 2.24) is 9.88 Å². The number of nitrogens with zero attached hydrogens (tertiary/aromatic N) is 3. The van der Waals surface area contributed by atoms with Crippen molar-refractivity contribution in [3.63, 3.8) is 0 Å². The second-order valence-electron chi connectivity index (χ2n) is 9.26. The Morgan fingerprint density at radius 3 is 2.24 bits per heavy atom. The highest BCUT2D eigenvalue weighted by Crippen LogP contribution is 2.24. The maximum absolute atomic E-state index is 13.5. The molecule has 38 heavy (non-hydrogen) atoms. The van der Waals surface area contributed by atoms with Crippen LogP contribution in [0.15, 0.2) is 66.9 Å². The Morgan fingerprint density at radius 1 is 1.00 bits per heavy atom. The number of carbonyl (C=O) groups excluding carboxylic acids is 3. The lowest BCUT2D eigenvalue weighted by Gasteiger charge is -2.33. The van der Waals surface area contributed by atoms with Crippen LogP contribution in [0.3, 0.4) is 0 Å². The number of rotatable bonds is 9. The molecule has 0 radical (unpaired) electrons. The monoisotopic (exact) mass is 518 g/mol. The first-order valence-corrected chi connectivity index (χ1v) is 12.6. The Bertz CT molecular complexity index is 1260. The number of piperidine rings is 1. The van der Waals surface area contributed by atoms with E-state index in [4.69, 9.17) is 4.74 Å². The maximum Gasteiger partial charge on any atom is 0.258 e. The number of anilines is 2. The molecule has 198 valence electrons. The van der Waals surface area contributed by atoms with Crippen molar-refractivity contribution >= 4 is 29.0 Å². The molecule has 0 aliphatic carbocycles. The molecule has 1 saturated heterocycles. The standard InChI is InChI=1S/C29H31FN4O4/c1-20(35)32-25-9-5-23(6-10-25)29(37)34(26-11-12-27(38-2)31-19-26)18-17-33-15-13-22(14-16-33)28(36)21-3-7-24(30)8-4-21/h3-12,19,22H,13-18H2,1-2H3,(H,32,35). The number of halogens is 1. The van der Waals surface area contributed by atoms with Crippen molar-refractivity contribution in [2.45, 2.75) is 19.8 Å². The third-order valence-electron chi connectivity index (χ3n) is 6.67. The fourth-order valence-electron chi connectivity index (χ4n) is 4.57. The summed E-state index contributed by atoms with van der Waals surface area (Å²) in [4.78, 5) is 45.8. The van der Waals surface area contributed by atoms with Gasteiger partial charge in [0.1, 0.15) is 5.82 Å². The van der Waals surface area contributed by atoms with Crippen molar-refractivity contribution in [2.75, 3.05) is 43.5 Å². The third-order valence-corrected chi connectivity index (χ3v) is 6.67. The number of amides is 2. The molecule has 1 aliphatic heterocycles. The summed E-state index contributed by atoms with van der Waals surface area (Å²) in [7, 11) is 1.53. The van der Waals surface area contributed by atoms with Gasteiger partial charge in [0.15, 0.2) is 5.78 Å². The molecule has 2 heterocycles. The van der Waals surface area contributed by atoms with E-state index in [2.05, 4.69) is 15.2 Å². The van der Waals surface area contributed by atoms with E-state index < -0.39 is 0 Å². The zero-order valence-electron chi connectivity index (χ0n) is 21.5. The largest absolute Gasteiger partial charge is 0.481 e. The Hall–Kier alpha value is -4.11. The summed E-state index contributed by atoms with van der Waals surface area (Å²) in [6.45, 7) is 3.94. The Balaban J connectivity index is 1.41. The SMILES string of the molecule is COc1ccc(N(CCN2CCC(C(=O)c3ccc(F)cc3)CC2)C(=O)c2ccc(NC(C)=O)cc2)cn1. The summed E-state index contributed by atoms with van der Waals surface area (Å²) < 4.78 is 18.4. The minimum Gasteiger partial charge on any atom is -0.481 e. The van der Waals surface area contributed by atoms with Crippen LogP contribution in [-0.2, 0) is 4.79 Å². The number of methoxy groups -OCH3 is 1. The highest BCUT2D eigenvalue weighted by atomic mass is 19.1. The summed E-state index contributed by atoms with van der Waals surface area (Å²) in [6, 6.07) is 16.0. The summed E-state index contributed by atoms with van der Waals surface area (Å²) in [5.74, 6) is -0.318. The highest BCUT2D eigenvalue weighted by Gasteiger charge is 2.27. The van der Waals surface area contributed by atoms with Crippen LogP contribution >= 0.6 is 0 Å². The molecule has 1 fully saturated rings. The van der Waals surface area contributed by atoms with Crippen LogP contribution in [0.4, 0.5) is 15.8 Å². The molecule has 2 amide bonds. The topological polar surface area (TPSA) is 91.8 Å². The van der Waals surface area contributed by atoms with Gasteiger partial charge in [-0.25, -0.2) is 9.37 Å². The summed E-state index contributed by atoms with van der Waals surface area (Å²) in [6.07, 6.45) is 3.02. The zero-order chi connectivity index (χ0) is 27.1. The predicted molar refractivity (Wildman–Crippen MR) is 143 cm³/mol.